The van der Waals surface area contributed by atoms with Crippen molar-refractivity contribution in [2.24, 2.45) is 0 Å². The molecule has 1 aromatic rings. The fourth-order valence-corrected chi connectivity index (χ4v) is 3.57. The summed E-state index contributed by atoms with van der Waals surface area (Å²) in [5.41, 5.74) is 0. The number of benzene rings is 1. The minimum atomic E-state index is 0. The Hall–Kier alpha value is -0.715. The Bertz CT molecular complexity index is 220. The normalized spacial score (nSPS) is 17.8. The van der Waals surface area contributed by atoms with Crippen LogP contribution in [0.4, 0.5) is 0 Å². The van der Waals surface area contributed by atoms with Crippen LogP contribution in [0.3, 0.4) is 0 Å². The van der Waals surface area contributed by atoms with Gasteiger partial charge in [-0.25, -0.2) is 0 Å². The summed E-state index contributed by atoms with van der Waals surface area (Å²) in [5.74, 6) is 0. The van der Waals surface area contributed by atoms with E-state index in [-0.39, 0.29) is 23.3 Å². The highest BCUT2D eigenvalue weighted by Crippen LogP contribution is 2.16. The smallest absolute Gasteiger partial charge is 0 e. The van der Waals surface area contributed by atoms with E-state index in [4.69, 9.17) is 0 Å². The first kappa shape index (κ1) is 31.0. The van der Waals surface area contributed by atoms with Gasteiger partial charge in [0.15, 0.2) is 0 Å². The van der Waals surface area contributed by atoms with Crippen molar-refractivity contribution in [1.29, 1.82) is 0 Å². The molecule has 3 fully saturated rings. The Morgan fingerprint density at radius 1 is 0.222 bits per heavy atom. The van der Waals surface area contributed by atoms with E-state index < -0.39 is 0 Å². The van der Waals surface area contributed by atoms with Crippen molar-refractivity contribution >= 4 is 8.41 Å². The fraction of sp³-hybridized carbons (Fsp3) is 0.769. The molecular weight excluding hydrogens is 323 g/mol. The maximum Gasteiger partial charge on any atom is 0 e. The maximum absolute atomic E-state index is 2.00. The highest BCUT2D eigenvalue weighted by Gasteiger charge is 1.96. The van der Waals surface area contributed by atoms with E-state index in [1.807, 2.05) is 36.4 Å². The molecule has 0 spiro atoms. The van der Waals surface area contributed by atoms with Crippen LogP contribution in [0.25, 0.3) is 0 Å². The van der Waals surface area contributed by atoms with E-state index in [1.165, 1.54) is 116 Å². The highest BCUT2D eigenvalue weighted by molar-refractivity contribution is 5.75. The third kappa shape index (κ3) is 25.3. The lowest BCUT2D eigenvalue weighted by molar-refractivity contribution is 0.504. The summed E-state index contributed by atoms with van der Waals surface area (Å²) in [7, 11) is 0. The van der Waals surface area contributed by atoms with Crippen molar-refractivity contribution in [3.63, 3.8) is 0 Å². The van der Waals surface area contributed by atoms with Gasteiger partial charge in [-0.2, -0.15) is 0 Å². The largest absolute Gasteiger partial charge is 0.0776 e. The van der Waals surface area contributed by atoms with Gasteiger partial charge in [-0.05, 0) is 0 Å². The van der Waals surface area contributed by atoms with Crippen molar-refractivity contribution in [1.82, 2.24) is 0 Å². The van der Waals surface area contributed by atoms with E-state index >= 15 is 0 Å². The number of rotatable bonds is 0. The van der Waals surface area contributed by atoms with E-state index in [1.54, 1.807) is 0 Å². The zero-order chi connectivity index (χ0) is 17.0. The lowest BCUT2D eigenvalue weighted by atomic mass is 10.0. The Balaban J connectivity index is -0.000000274. The topological polar surface area (TPSA) is 0 Å². The SMILES string of the molecule is C.C.C1CCCCC1.C1CCCCC1.C1CCCCC1.[B].c1ccccc1. The Morgan fingerprint density at radius 3 is 0.370 bits per heavy atom. The highest BCUT2D eigenvalue weighted by atomic mass is 14.0. The van der Waals surface area contributed by atoms with Gasteiger partial charge in [0.25, 0.3) is 0 Å². The summed E-state index contributed by atoms with van der Waals surface area (Å²) >= 11 is 0. The van der Waals surface area contributed by atoms with Crippen LogP contribution in [-0.2, 0) is 0 Å². The van der Waals surface area contributed by atoms with Gasteiger partial charge in [-0.3, -0.25) is 0 Å². The van der Waals surface area contributed by atoms with Crippen molar-refractivity contribution in [2.75, 3.05) is 0 Å². The van der Waals surface area contributed by atoms with Crippen molar-refractivity contribution in [3.8, 4) is 0 Å². The monoisotopic (exact) mass is 373 g/mol. The zero-order valence-electron chi connectivity index (χ0n) is 16.8. The molecule has 0 bridgehead atoms. The molecule has 0 nitrogen and oxygen atoms in total. The second kappa shape index (κ2) is 27.5. The molecule has 0 aliphatic heterocycles. The van der Waals surface area contributed by atoms with Gasteiger partial charge in [-0.15, -0.1) is 0 Å². The fourth-order valence-electron chi connectivity index (χ4n) is 3.57. The molecular formula is C26H50B. The van der Waals surface area contributed by atoms with Gasteiger partial charge in [0.2, 0.25) is 0 Å². The van der Waals surface area contributed by atoms with Gasteiger partial charge >= 0.3 is 0 Å². The summed E-state index contributed by atoms with van der Waals surface area (Å²) in [6.45, 7) is 0. The molecule has 157 valence electrons. The van der Waals surface area contributed by atoms with Gasteiger partial charge in [-0.1, -0.05) is 167 Å². The van der Waals surface area contributed by atoms with Crippen LogP contribution in [0, 0.1) is 0 Å². The minimum Gasteiger partial charge on any atom is -0.0776 e. The van der Waals surface area contributed by atoms with Crippen LogP contribution < -0.4 is 0 Å². The molecule has 0 N–H and O–H groups in total. The molecule has 3 radical (unpaired) electrons. The molecule has 3 saturated carbocycles. The molecule has 0 heterocycles. The first-order valence-corrected chi connectivity index (χ1v) is 11.0. The summed E-state index contributed by atoms with van der Waals surface area (Å²) in [4.78, 5) is 0. The lowest BCUT2D eigenvalue weighted by Crippen LogP contribution is -1.85. The predicted octanol–water partition coefficient (Wildman–Crippen LogP) is 9.60. The molecule has 0 unspecified atom stereocenters. The predicted molar refractivity (Wildman–Crippen MR) is 129 cm³/mol. The average Bonchev–Trinajstić information content (AvgIpc) is 2.75. The quantitative estimate of drug-likeness (QED) is 0.397. The number of hydrogen-bond acceptors (Lipinski definition) is 0. The van der Waals surface area contributed by atoms with Crippen molar-refractivity contribution in [2.45, 2.75) is 130 Å². The second-order valence-corrected chi connectivity index (χ2v) is 7.52. The van der Waals surface area contributed by atoms with Crippen LogP contribution in [-0.4, -0.2) is 8.41 Å². The molecule has 27 heavy (non-hydrogen) atoms. The number of hydrogen-bond donors (Lipinski definition) is 0. The Morgan fingerprint density at radius 2 is 0.296 bits per heavy atom. The van der Waals surface area contributed by atoms with Gasteiger partial charge in [0.05, 0.1) is 0 Å². The summed E-state index contributed by atoms with van der Waals surface area (Å²) in [6.07, 6.45) is 27.0. The zero-order valence-corrected chi connectivity index (χ0v) is 16.8. The third-order valence-corrected chi connectivity index (χ3v) is 5.17. The molecule has 0 aromatic heterocycles. The van der Waals surface area contributed by atoms with Crippen molar-refractivity contribution in [3.05, 3.63) is 36.4 Å². The van der Waals surface area contributed by atoms with Gasteiger partial charge in [0.1, 0.15) is 0 Å². The minimum absolute atomic E-state index is 0. The first-order valence-electron chi connectivity index (χ1n) is 11.0. The van der Waals surface area contributed by atoms with E-state index in [0.29, 0.717) is 0 Å². The third-order valence-electron chi connectivity index (χ3n) is 5.17. The summed E-state index contributed by atoms with van der Waals surface area (Å²) in [6, 6.07) is 12.0. The lowest BCUT2D eigenvalue weighted by Gasteiger charge is -2.05. The standard InChI is InChI=1S/3C6H12.C6H6.2CH4.B/c4*1-2-4-6-5-3-1;;;/h3*1-6H2;1-6H;2*1H4;. The molecule has 1 heteroatoms. The summed E-state index contributed by atoms with van der Waals surface area (Å²) < 4.78 is 0. The van der Waals surface area contributed by atoms with E-state index in [0.717, 1.165) is 0 Å². The van der Waals surface area contributed by atoms with E-state index in [9.17, 15) is 0 Å². The van der Waals surface area contributed by atoms with Crippen LogP contribution in [0.15, 0.2) is 36.4 Å². The van der Waals surface area contributed by atoms with Crippen LogP contribution >= 0.6 is 0 Å². The molecule has 0 saturated heterocycles. The molecule has 3 aliphatic carbocycles. The van der Waals surface area contributed by atoms with Crippen LogP contribution in [0.5, 0.6) is 0 Å². The Kier molecular flexibility index (Phi) is 31.6. The Labute approximate surface area is 175 Å². The van der Waals surface area contributed by atoms with Crippen molar-refractivity contribution < 1.29 is 0 Å². The molecule has 1 aromatic carbocycles. The maximum atomic E-state index is 2.00. The first-order chi connectivity index (χ1) is 12.0. The molecule has 4 rings (SSSR count). The van der Waals surface area contributed by atoms with Crippen LogP contribution in [0.2, 0.25) is 0 Å². The summed E-state index contributed by atoms with van der Waals surface area (Å²) in [5, 5.41) is 0. The molecule has 0 amide bonds. The van der Waals surface area contributed by atoms with Gasteiger partial charge < -0.3 is 0 Å². The average molecular weight is 373 g/mol. The van der Waals surface area contributed by atoms with Crippen LogP contribution in [0.1, 0.15) is 130 Å². The van der Waals surface area contributed by atoms with Gasteiger partial charge in [0, 0.05) is 8.41 Å². The molecule has 3 aliphatic rings. The molecule has 0 atom stereocenters. The van der Waals surface area contributed by atoms with E-state index in [2.05, 4.69) is 0 Å². The second-order valence-electron chi connectivity index (χ2n) is 7.52.